The van der Waals surface area contributed by atoms with Crippen molar-refractivity contribution in [2.75, 3.05) is 0 Å². The predicted octanol–water partition coefficient (Wildman–Crippen LogP) is 3.32. The topological polar surface area (TPSA) is 50.9 Å². The molecule has 116 valence electrons. The number of aliphatic hydroxyl groups excluding tert-OH is 1. The lowest BCUT2D eigenvalue weighted by atomic mass is 9.83. The van der Waals surface area contributed by atoms with Gasteiger partial charge in [-0.3, -0.25) is 4.98 Å². The maximum Gasteiger partial charge on any atom is 0.142 e. The van der Waals surface area contributed by atoms with E-state index in [9.17, 15) is 9.50 Å². The van der Waals surface area contributed by atoms with Gasteiger partial charge in [-0.2, -0.15) is 0 Å². The molecular weight excluding hydrogens is 281 g/mol. The van der Waals surface area contributed by atoms with Crippen LogP contribution in [0.5, 0.6) is 0 Å². The first-order valence-corrected chi connectivity index (χ1v) is 8.10. The highest BCUT2D eigenvalue weighted by atomic mass is 19.1. The number of hydrogen-bond donors (Lipinski definition) is 1. The van der Waals surface area contributed by atoms with Crippen LogP contribution < -0.4 is 0 Å². The Labute approximate surface area is 129 Å². The Bertz CT molecular complexity index is 678. The maximum atomic E-state index is 13.5. The zero-order valence-electron chi connectivity index (χ0n) is 12.5. The van der Waals surface area contributed by atoms with Crippen molar-refractivity contribution in [2.24, 2.45) is 5.92 Å². The Kier molecular flexibility index (Phi) is 3.45. The highest BCUT2D eigenvalue weighted by molar-refractivity contribution is 5.67. The van der Waals surface area contributed by atoms with E-state index < -0.39 is 0 Å². The summed E-state index contributed by atoms with van der Waals surface area (Å²) in [7, 11) is 0. The first-order valence-electron chi connectivity index (χ1n) is 8.10. The van der Waals surface area contributed by atoms with E-state index in [1.165, 1.54) is 31.5 Å². The Balaban J connectivity index is 1.62. The van der Waals surface area contributed by atoms with E-state index in [0.29, 0.717) is 12.3 Å². The molecule has 2 aliphatic rings. The Hall–Kier alpha value is -1.75. The minimum absolute atomic E-state index is 0.0370. The van der Waals surface area contributed by atoms with Gasteiger partial charge in [0.25, 0.3) is 0 Å². The van der Waals surface area contributed by atoms with E-state index in [4.69, 9.17) is 0 Å². The highest BCUT2D eigenvalue weighted by Crippen LogP contribution is 2.41. The van der Waals surface area contributed by atoms with Gasteiger partial charge in [-0.25, -0.2) is 9.37 Å². The van der Waals surface area contributed by atoms with E-state index in [-0.39, 0.29) is 18.0 Å². The first kappa shape index (κ1) is 13.9. The van der Waals surface area contributed by atoms with Gasteiger partial charge in [-0.1, -0.05) is 19.3 Å². The number of pyridine rings is 1. The van der Waals surface area contributed by atoms with E-state index in [1.54, 1.807) is 12.5 Å². The van der Waals surface area contributed by atoms with Crippen molar-refractivity contribution in [3.63, 3.8) is 0 Å². The molecule has 4 nitrogen and oxygen atoms in total. The van der Waals surface area contributed by atoms with Gasteiger partial charge in [-0.15, -0.1) is 0 Å². The number of imidazole rings is 1. The molecule has 4 rings (SSSR count). The fourth-order valence-corrected chi connectivity index (χ4v) is 3.98. The lowest BCUT2D eigenvalue weighted by Gasteiger charge is -2.28. The number of hydrogen-bond acceptors (Lipinski definition) is 3. The molecule has 0 bridgehead atoms. The minimum Gasteiger partial charge on any atom is -0.393 e. The van der Waals surface area contributed by atoms with Crippen LogP contribution in [0.1, 0.15) is 50.3 Å². The number of halogens is 1. The van der Waals surface area contributed by atoms with Crippen LogP contribution in [-0.2, 0) is 0 Å². The molecule has 1 saturated carbocycles. The van der Waals surface area contributed by atoms with Crippen LogP contribution in [0.15, 0.2) is 24.8 Å². The van der Waals surface area contributed by atoms with Crippen LogP contribution in [0.4, 0.5) is 4.39 Å². The number of rotatable bonds is 3. The van der Waals surface area contributed by atoms with Gasteiger partial charge >= 0.3 is 0 Å². The molecule has 3 heterocycles. The molecule has 0 amide bonds. The van der Waals surface area contributed by atoms with Crippen LogP contribution in [0.2, 0.25) is 0 Å². The highest BCUT2D eigenvalue weighted by Gasteiger charge is 2.34. The smallest absolute Gasteiger partial charge is 0.142 e. The molecule has 0 spiro atoms. The fraction of sp³-hybridized carbons (Fsp3) is 0.529. The molecule has 0 aromatic carbocycles. The predicted molar refractivity (Wildman–Crippen MR) is 80.8 cm³/mol. The van der Waals surface area contributed by atoms with E-state index >= 15 is 0 Å². The molecule has 2 aromatic rings. The summed E-state index contributed by atoms with van der Waals surface area (Å²) in [5, 5.41) is 10.6. The van der Waals surface area contributed by atoms with Gasteiger partial charge in [0, 0.05) is 12.0 Å². The summed E-state index contributed by atoms with van der Waals surface area (Å²) in [5.41, 5.74) is 2.55. The van der Waals surface area contributed by atoms with Crippen molar-refractivity contribution in [1.29, 1.82) is 0 Å². The van der Waals surface area contributed by atoms with E-state index in [1.807, 2.05) is 4.57 Å². The van der Waals surface area contributed by atoms with Crippen LogP contribution >= 0.6 is 0 Å². The number of nitrogens with zero attached hydrogens (tertiary/aromatic N) is 3. The third-order valence-electron chi connectivity index (χ3n) is 5.14. The number of aliphatic hydroxyl groups is 1. The minimum atomic E-state index is -0.335. The van der Waals surface area contributed by atoms with Gasteiger partial charge in [0.1, 0.15) is 5.82 Å². The molecule has 0 radical (unpaired) electrons. The number of fused-ring (bicyclic) bond motifs is 3. The zero-order valence-corrected chi connectivity index (χ0v) is 12.5. The molecule has 2 atom stereocenters. The van der Waals surface area contributed by atoms with Gasteiger partial charge < -0.3 is 9.67 Å². The van der Waals surface area contributed by atoms with Gasteiger partial charge in [0.15, 0.2) is 0 Å². The van der Waals surface area contributed by atoms with Crippen LogP contribution in [0.3, 0.4) is 0 Å². The van der Waals surface area contributed by atoms with Gasteiger partial charge in [0.05, 0.1) is 42.3 Å². The maximum absolute atomic E-state index is 13.5. The Morgan fingerprint density at radius 1 is 1.27 bits per heavy atom. The van der Waals surface area contributed by atoms with Gasteiger partial charge in [-0.05, 0) is 24.8 Å². The molecule has 22 heavy (non-hydrogen) atoms. The van der Waals surface area contributed by atoms with E-state index in [0.717, 1.165) is 29.8 Å². The van der Waals surface area contributed by atoms with Crippen molar-refractivity contribution in [3.8, 4) is 11.3 Å². The van der Waals surface area contributed by atoms with Crippen molar-refractivity contribution in [1.82, 2.24) is 14.5 Å². The van der Waals surface area contributed by atoms with Crippen LogP contribution in [-0.4, -0.2) is 25.7 Å². The van der Waals surface area contributed by atoms with Crippen molar-refractivity contribution in [2.45, 2.75) is 50.7 Å². The molecule has 1 aliphatic heterocycles. The summed E-state index contributed by atoms with van der Waals surface area (Å²) in [6.45, 7) is 0. The average molecular weight is 301 g/mol. The monoisotopic (exact) mass is 301 g/mol. The molecular formula is C17H20FN3O. The number of aromatic nitrogens is 3. The summed E-state index contributed by atoms with van der Waals surface area (Å²) >= 11 is 0. The Morgan fingerprint density at radius 3 is 2.91 bits per heavy atom. The largest absolute Gasteiger partial charge is 0.393 e. The summed E-state index contributed by atoms with van der Waals surface area (Å²) < 4.78 is 15.5. The van der Waals surface area contributed by atoms with Crippen LogP contribution in [0.25, 0.3) is 11.3 Å². The molecule has 0 saturated heterocycles. The molecule has 1 fully saturated rings. The fourth-order valence-electron chi connectivity index (χ4n) is 3.98. The molecule has 2 unspecified atom stereocenters. The van der Waals surface area contributed by atoms with Crippen molar-refractivity contribution < 1.29 is 9.50 Å². The summed E-state index contributed by atoms with van der Waals surface area (Å²) in [6.07, 6.45) is 11.0. The standard InChI is InChI=1S/C17H20FN3O/c18-12-6-13-15-9-19-10-21(15)14(17(13)20-8-12)7-16(22)11-4-2-1-3-5-11/h6,8-11,14,16,22H,1-5,7H2. The summed E-state index contributed by atoms with van der Waals surface area (Å²) in [4.78, 5) is 8.46. The average Bonchev–Trinajstić information content (AvgIpc) is 3.11. The zero-order chi connectivity index (χ0) is 15.1. The molecule has 1 N–H and O–H groups in total. The normalized spacial score (nSPS) is 22.4. The SMILES string of the molecule is OC(CC1c2ncc(F)cc2-c2cncn21)C1CCCCC1. The second kappa shape index (κ2) is 5.47. The lowest BCUT2D eigenvalue weighted by Crippen LogP contribution is -2.26. The van der Waals surface area contributed by atoms with Gasteiger partial charge in [0.2, 0.25) is 0 Å². The van der Waals surface area contributed by atoms with Crippen LogP contribution in [0, 0.1) is 11.7 Å². The molecule has 1 aliphatic carbocycles. The Morgan fingerprint density at radius 2 is 2.09 bits per heavy atom. The van der Waals surface area contributed by atoms with Crippen molar-refractivity contribution >= 4 is 0 Å². The summed E-state index contributed by atoms with van der Waals surface area (Å²) in [6, 6.07) is 1.48. The second-order valence-corrected chi connectivity index (χ2v) is 6.49. The third kappa shape index (κ3) is 2.24. The quantitative estimate of drug-likeness (QED) is 0.946. The second-order valence-electron chi connectivity index (χ2n) is 6.49. The van der Waals surface area contributed by atoms with Crippen molar-refractivity contribution in [3.05, 3.63) is 36.3 Å². The lowest BCUT2D eigenvalue weighted by molar-refractivity contribution is 0.0683. The summed E-state index contributed by atoms with van der Waals surface area (Å²) in [5.74, 6) is 0.0465. The molecule has 5 heteroatoms. The molecule has 2 aromatic heterocycles. The third-order valence-corrected chi connectivity index (χ3v) is 5.14. The van der Waals surface area contributed by atoms with E-state index in [2.05, 4.69) is 9.97 Å². The first-order chi connectivity index (χ1) is 10.7.